The second kappa shape index (κ2) is 7.14. The van der Waals surface area contributed by atoms with E-state index >= 15 is 0 Å². The van der Waals surface area contributed by atoms with E-state index in [4.69, 9.17) is 18.0 Å². The molecule has 0 aliphatic heterocycles. The van der Waals surface area contributed by atoms with Gasteiger partial charge in [0, 0.05) is 16.2 Å². The molecule has 144 valence electrons. The van der Waals surface area contributed by atoms with Crippen molar-refractivity contribution >= 4 is 44.2 Å². The summed E-state index contributed by atoms with van der Waals surface area (Å²) in [6.45, 7) is 1.52. The van der Waals surface area contributed by atoms with Crippen molar-refractivity contribution in [1.82, 2.24) is 14.8 Å². The summed E-state index contributed by atoms with van der Waals surface area (Å²) in [7, 11) is 0. The molecule has 0 spiro atoms. The van der Waals surface area contributed by atoms with Crippen molar-refractivity contribution in [3.8, 4) is 6.07 Å². The predicted molar refractivity (Wildman–Crippen MR) is 106 cm³/mol. The number of fused-ring (bicyclic) bond motifs is 1. The van der Waals surface area contributed by atoms with Crippen molar-refractivity contribution in [3.05, 3.63) is 57.8 Å². The van der Waals surface area contributed by atoms with Gasteiger partial charge < -0.3 is 5.73 Å². The fourth-order valence-corrected chi connectivity index (χ4v) is 3.40. The molecule has 0 aliphatic carbocycles. The fraction of sp³-hybridized carbons (Fsp3) is 0.222. The molecular weight excluding hydrogens is 455 g/mol. The molecule has 1 aromatic carbocycles. The van der Waals surface area contributed by atoms with E-state index in [1.54, 1.807) is 18.5 Å². The number of pyridine rings is 1. The summed E-state index contributed by atoms with van der Waals surface area (Å²) in [6.07, 6.45) is -1.32. The minimum Gasteiger partial charge on any atom is -0.389 e. The van der Waals surface area contributed by atoms with Crippen LogP contribution in [0.4, 0.5) is 13.2 Å². The lowest BCUT2D eigenvalue weighted by molar-refractivity contribution is -0.137. The molecule has 3 rings (SSSR count). The molecule has 28 heavy (non-hydrogen) atoms. The minimum absolute atomic E-state index is 0.00555. The molecule has 0 aliphatic rings. The number of nitrogens with two attached hydrogens (primary N) is 1. The smallest absolute Gasteiger partial charge is 0.389 e. The molecule has 2 aromatic heterocycles. The van der Waals surface area contributed by atoms with E-state index in [0.717, 1.165) is 16.6 Å². The average molecular weight is 468 g/mol. The third-order valence-corrected chi connectivity index (χ3v) is 4.96. The second-order valence-electron chi connectivity index (χ2n) is 6.45. The maximum atomic E-state index is 13.2. The fourth-order valence-electron chi connectivity index (χ4n) is 2.90. The van der Waals surface area contributed by atoms with Crippen LogP contribution in [0.3, 0.4) is 0 Å². The van der Waals surface area contributed by atoms with Crippen LogP contribution in [0.1, 0.15) is 23.6 Å². The summed E-state index contributed by atoms with van der Waals surface area (Å²) in [5.74, 6) is 0. The van der Waals surface area contributed by atoms with Crippen LogP contribution in [0, 0.1) is 11.3 Å². The van der Waals surface area contributed by atoms with Crippen LogP contribution in [0.15, 0.2) is 41.1 Å². The highest BCUT2D eigenvalue weighted by molar-refractivity contribution is 9.10. The van der Waals surface area contributed by atoms with E-state index in [2.05, 4.69) is 32.1 Å². The molecule has 0 saturated carbocycles. The largest absolute Gasteiger partial charge is 0.416 e. The topological polar surface area (TPSA) is 80.5 Å². The zero-order valence-electron chi connectivity index (χ0n) is 14.5. The number of nitriles is 1. The molecule has 1 atom stereocenters. The molecule has 0 amide bonds. The molecule has 2 heterocycles. The third kappa shape index (κ3) is 3.86. The van der Waals surface area contributed by atoms with Gasteiger partial charge in [0.15, 0.2) is 0 Å². The molecule has 2 N–H and O–H groups in total. The van der Waals surface area contributed by atoms with Gasteiger partial charge in [-0.05, 0) is 46.6 Å². The van der Waals surface area contributed by atoms with E-state index in [1.807, 2.05) is 0 Å². The van der Waals surface area contributed by atoms with Crippen molar-refractivity contribution < 1.29 is 13.2 Å². The summed E-state index contributed by atoms with van der Waals surface area (Å²) in [5, 5.41) is 14.2. The maximum Gasteiger partial charge on any atom is 0.416 e. The van der Waals surface area contributed by atoms with Crippen molar-refractivity contribution in [2.75, 3.05) is 0 Å². The van der Waals surface area contributed by atoms with Crippen LogP contribution in [-0.4, -0.2) is 19.8 Å². The van der Waals surface area contributed by atoms with Gasteiger partial charge in [0.05, 0.1) is 29.8 Å². The van der Waals surface area contributed by atoms with Gasteiger partial charge in [-0.15, -0.1) is 0 Å². The Labute approximate surface area is 172 Å². The number of hydrogen-bond donors (Lipinski definition) is 1. The highest BCUT2D eigenvalue weighted by Crippen LogP contribution is 2.35. The van der Waals surface area contributed by atoms with Gasteiger partial charge >= 0.3 is 6.18 Å². The summed E-state index contributed by atoms with van der Waals surface area (Å²) in [4.78, 5) is 4.14. The number of rotatable bonds is 4. The summed E-state index contributed by atoms with van der Waals surface area (Å²) < 4.78 is 41.9. The van der Waals surface area contributed by atoms with E-state index in [9.17, 15) is 18.4 Å². The molecule has 0 fully saturated rings. The molecule has 0 bridgehead atoms. The normalized spacial score (nSPS) is 13.9. The number of aromatic nitrogens is 3. The van der Waals surface area contributed by atoms with Crippen molar-refractivity contribution in [1.29, 1.82) is 5.26 Å². The first-order valence-electron chi connectivity index (χ1n) is 7.95. The summed E-state index contributed by atoms with van der Waals surface area (Å²) in [5.41, 5.74) is 4.98. The lowest BCUT2D eigenvalue weighted by atomic mass is 9.80. The highest BCUT2D eigenvalue weighted by atomic mass is 79.9. The molecular formula is C18H13BrF3N5S. The van der Waals surface area contributed by atoms with Gasteiger partial charge in [0.1, 0.15) is 16.0 Å². The van der Waals surface area contributed by atoms with Gasteiger partial charge in [-0.3, -0.25) is 9.67 Å². The van der Waals surface area contributed by atoms with Crippen LogP contribution in [-0.2, 0) is 18.1 Å². The van der Waals surface area contributed by atoms with Crippen molar-refractivity contribution in [2.24, 2.45) is 5.73 Å². The Kier molecular flexibility index (Phi) is 5.16. The molecule has 5 nitrogen and oxygen atoms in total. The van der Waals surface area contributed by atoms with E-state index in [0.29, 0.717) is 11.0 Å². The third-order valence-electron chi connectivity index (χ3n) is 4.30. The zero-order chi connectivity index (χ0) is 20.7. The van der Waals surface area contributed by atoms with Gasteiger partial charge in [-0.1, -0.05) is 18.3 Å². The first kappa shape index (κ1) is 20.2. The lowest BCUT2D eigenvalue weighted by Crippen LogP contribution is -2.30. The Morgan fingerprint density at radius 3 is 2.64 bits per heavy atom. The number of nitrogens with zero attached hydrogens (tertiary/aromatic N) is 4. The quantitative estimate of drug-likeness (QED) is 0.577. The molecule has 3 aromatic rings. The Morgan fingerprint density at radius 1 is 1.32 bits per heavy atom. The van der Waals surface area contributed by atoms with Crippen LogP contribution in [0.25, 0.3) is 11.0 Å². The number of alkyl halides is 3. The van der Waals surface area contributed by atoms with Crippen LogP contribution in [0.5, 0.6) is 0 Å². The Balaban J connectivity index is 2.11. The first-order chi connectivity index (χ1) is 13.0. The maximum absolute atomic E-state index is 13.2. The Hall–Kier alpha value is -2.51. The van der Waals surface area contributed by atoms with Crippen molar-refractivity contribution in [2.45, 2.75) is 25.1 Å². The Bertz CT molecular complexity index is 1120. The van der Waals surface area contributed by atoms with Gasteiger partial charge in [0.2, 0.25) is 0 Å². The number of benzene rings is 1. The SMILES string of the molecule is CC(C#N)(Cn1cc2ncc(Br)cc2n1)c1cc(C(F)(F)F)ccc1C(N)=S. The minimum atomic E-state index is -4.56. The number of hydrogen-bond acceptors (Lipinski definition) is 4. The van der Waals surface area contributed by atoms with Crippen molar-refractivity contribution in [3.63, 3.8) is 0 Å². The van der Waals surface area contributed by atoms with Gasteiger partial charge in [0.25, 0.3) is 0 Å². The molecule has 10 heteroatoms. The second-order valence-corrected chi connectivity index (χ2v) is 7.81. The Morgan fingerprint density at radius 2 is 2.04 bits per heavy atom. The average Bonchev–Trinajstić information content (AvgIpc) is 3.01. The predicted octanol–water partition coefficient (Wildman–Crippen LogP) is 4.33. The number of halogens is 4. The van der Waals surface area contributed by atoms with Crippen LogP contribution in [0.2, 0.25) is 0 Å². The molecule has 0 radical (unpaired) electrons. The van der Waals surface area contributed by atoms with Gasteiger partial charge in [-0.2, -0.15) is 23.5 Å². The van der Waals surface area contributed by atoms with E-state index < -0.39 is 17.2 Å². The van der Waals surface area contributed by atoms with E-state index in [-0.39, 0.29) is 22.7 Å². The first-order valence-corrected chi connectivity index (χ1v) is 9.15. The highest BCUT2D eigenvalue weighted by Gasteiger charge is 2.36. The standard InChI is InChI=1S/C18H13BrF3N5S/c1-17(8-23,9-27-7-15-14(26-27)5-11(19)6-25-15)13-4-10(18(20,21)22)2-3-12(13)16(24)28/h2-7H,9H2,1H3,(H2,24,28). The summed E-state index contributed by atoms with van der Waals surface area (Å²) in [6, 6.07) is 6.89. The lowest BCUT2D eigenvalue weighted by Gasteiger charge is -2.25. The molecule has 0 saturated heterocycles. The number of thiocarbonyl (C=S) groups is 1. The van der Waals surface area contributed by atoms with E-state index in [1.165, 1.54) is 17.7 Å². The monoisotopic (exact) mass is 467 g/mol. The van der Waals surface area contributed by atoms with Crippen LogP contribution < -0.4 is 5.73 Å². The zero-order valence-corrected chi connectivity index (χ0v) is 16.9. The van der Waals surface area contributed by atoms with Crippen LogP contribution >= 0.6 is 28.1 Å². The molecule has 1 unspecified atom stereocenters. The summed E-state index contributed by atoms with van der Waals surface area (Å²) >= 11 is 8.29. The van der Waals surface area contributed by atoms with Gasteiger partial charge in [-0.25, -0.2) is 0 Å².